The fourth-order valence-electron chi connectivity index (χ4n) is 2.42. The Morgan fingerprint density at radius 3 is 2.67 bits per heavy atom. The van der Waals surface area contributed by atoms with E-state index < -0.39 is 0 Å². The van der Waals surface area contributed by atoms with Crippen LogP contribution >= 0.6 is 0 Å². The molecule has 0 bridgehead atoms. The first-order valence-electron chi connectivity index (χ1n) is 5.79. The molecule has 90 valence electrons. The second-order valence-corrected chi connectivity index (χ2v) is 4.41. The standard InChI is InChI=1S/C15H13NO2/c1-18-14-8-12-10(7-13(14)16)6-9-4-2-3-5-11(9)15(12)17/h2-5,7-8H,6,16H2,1H3. The summed E-state index contributed by atoms with van der Waals surface area (Å²) in [6.07, 6.45) is 0.742. The Balaban J connectivity index is 2.20. The van der Waals surface area contributed by atoms with Crippen LogP contribution in [0, 0.1) is 0 Å². The van der Waals surface area contributed by atoms with Gasteiger partial charge in [0.25, 0.3) is 0 Å². The Labute approximate surface area is 105 Å². The lowest BCUT2D eigenvalue weighted by Crippen LogP contribution is -2.15. The van der Waals surface area contributed by atoms with Crippen LogP contribution in [0.25, 0.3) is 0 Å². The summed E-state index contributed by atoms with van der Waals surface area (Å²) >= 11 is 0. The van der Waals surface area contributed by atoms with Crippen molar-refractivity contribution in [3.8, 4) is 5.75 Å². The van der Waals surface area contributed by atoms with Crippen molar-refractivity contribution in [2.45, 2.75) is 6.42 Å². The Hall–Kier alpha value is -2.29. The number of carbonyl (C=O) groups excluding carboxylic acids is 1. The summed E-state index contributed by atoms with van der Waals surface area (Å²) < 4.78 is 5.17. The smallest absolute Gasteiger partial charge is 0.193 e. The van der Waals surface area contributed by atoms with Gasteiger partial charge in [0.15, 0.2) is 5.78 Å². The summed E-state index contributed by atoms with van der Waals surface area (Å²) in [6.45, 7) is 0. The first-order valence-corrected chi connectivity index (χ1v) is 5.79. The molecule has 3 rings (SSSR count). The number of carbonyl (C=O) groups is 1. The SMILES string of the molecule is COc1cc2c(cc1N)Cc1ccccc1C2=O. The topological polar surface area (TPSA) is 52.3 Å². The molecule has 18 heavy (non-hydrogen) atoms. The average molecular weight is 239 g/mol. The molecule has 0 saturated carbocycles. The number of nitrogens with two attached hydrogens (primary N) is 1. The highest BCUT2D eigenvalue weighted by Gasteiger charge is 2.24. The Morgan fingerprint density at radius 1 is 1.11 bits per heavy atom. The van der Waals surface area contributed by atoms with Crippen molar-refractivity contribution in [1.29, 1.82) is 0 Å². The lowest BCUT2D eigenvalue weighted by Gasteiger charge is -2.19. The Bertz CT molecular complexity index is 647. The van der Waals surface area contributed by atoms with Crippen LogP contribution in [0.3, 0.4) is 0 Å². The number of rotatable bonds is 1. The van der Waals surface area contributed by atoms with Crippen LogP contribution < -0.4 is 10.5 Å². The van der Waals surface area contributed by atoms with Crippen LogP contribution in [-0.2, 0) is 6.42 Å². The minimum Gasteiger partial charge on any atom is -0.495 e. The third-order valence-electron chi connectivity index (χ3n) is 3.34. The molecular weight excluding hydrogens is 226 g/mol. The molecule has 2 aromatic carbocycles. The van der Waals surface area contributed by atoms with E-state index in [1.165, 1.54) is 0 Å². The normalized spacial score (nSPS) is 12.8. The van der Waals surface area contributed by atoms with Gasteiger partial charge in [-0.05, 0) is 29.7 Å². The lowest BCUT2D eigenvalue weighted by molar-refractivity contribution is 0.103. The number of ketones is 1. The van der Waals surface area contributed by atoms with Gasteiger partial charge < -0.3 is 10.5 Å². The van der Waals surface area contributed by atoms with Gasteiger partial charge in [0, 0.05) is 11.1 Å². The van der Waals surface area contributed by atoms with Crippen molar-refractivity contribution in [2.24, 2.45) is 0 Å². The zero-order chi connectivity index (χ0) is 12.7. The van der Waals surface area contributed by atoms with Crippen LogP contribution in [0.15, 0.2) is 36.4 Å². The molecule has 1 aliphatic carbocycles. The van der Waals surface area contributed by atoms with Crippen LogP contribution in [0.2, 0.25) is 0 Å². The van der Waals surface area contributed by atoms with E-state index in [1.807, 2.05) is 30.3 Å². The summed E-state index contributed by atoms with van der Waals surface area (Å²) in [4.78, 5) is 12.4. The molecule has 0 unspecified atom stereocenters. The van der Waals surface area contributed by atoms with Gasteiger partial charge in [-0.2, -0.15) is 0 Å². The lowest BCUT2D eigenvalue weighted by atomic mass is 9.85. The minimum atomic E-state index is 0.0464. The molecule has 0 spiro atoms. The second-order valence-electron chi connectivity index (χ2n) is 4.41. The van der Waals surface area contributed by atoms with Crippen molar-refractivity contribution < 1.29 is 9.53 Å². The summed E-state index contributed by atoms with van der Waals surface area (Å²) in [5, 5.41) is 0. The zero-order valence-corrected chi connectivity index (χ0v) is 10.1. The third kappa shape index (κ3) is 1.48. The van der Waals surface area contributed by atoms with E-state index in [4.69, 9.17) is 10.5 Å². The first kappa shape index (κ1) is 10.8. The maximum atomic E-state index is 12.4. The van der Waals surface area contributed by atoms with Crippen molar-refractivity contribution in [3.63, 3.8) is 0 Å². The van der Waals surface area contributed by atoms with Gasteiger partial charge in [0.1, 0.15) is 5.75 Å². The molecule has 0 aliphatic heterocycles. The monoisotopic (exact) mass is 239 g/mol. The summed E-state index contributed by atoms with van der Waals surface area (Å²) in [6, 6.07) is 11.3. The number of anilines is 1. The van der Waals surface area contributed by atoms with E-state index in [1.54, 1.807) is 13.2 Å². The van der Waals surface area contributed by atoms with Crippen molar-refractivity contribution in [2.75, 3.05) is 12.8 Å². The number of benzene rings is 2. The van der Waals surface area contributed by atoms with Crippen molar-refractivity contribution in [1.82, 2.24) is 0 Å². The van der Waals surface area contributed by atoms with E-state index in [9.17, 15) is 4.79 Å². The molecular formula is C15H13NO2. The molecule has 3 nitrogen and oxygen atoms in total. The van der Waals surface area contributed by atoms with Gasteiger partial charge in [0.2, 0.25) is 0 Å². The van der Waals surface area contributed by atoms with Crippen LogP contribution in [-0.4, -0.2) is 12.9 Å². The Kier molecular flexibility index (Phi) is 2.33. The van der Waals surface area contributed by atoms with Crippen LogP contribution in [0.1, 0.15) is 27.0 Å². The molecule has 0 saturated heterocycles. The van der Waals surface area contributed by atoms with Gasteiger partial charge in [-0.1, -0.05) is 24.3 Å². The van der Waals surface area contributed by atoms with E-state index >= 15 is 0 Å². The molecule has 1 aliphatic rings. The predicted octanol–water partition coefficient (Wildman–Crippen LogP) is 2.41. The molecule has 0 amide bonds. The summed E-state index contributed by atoms with van der Waals surface area (Å²) in [7, 11) is 1.55. The average Bonchev–Trinajstić information content (AvgIpc) is 2.38. The van der Waals surface area contributed by atoms with Crippen LogP contribution in [0.4, 0.5) is 5.69 Å². The third-order valence-corrected chi connectivity index (χ3v) is 3.34. The highest BCUT2D eigenvalue weighted by atomic mass is 16.5. The van der Waals surface area contributed by atoms with Gasteiger partial charge >= 0.3 is 0 Å². The number of fused-ring (bicyclic) bond motifs is 2. The van der Waals surface area contributed by atoms with Gasteiger partial charge in [-0.15, -0.1) is 0 Å². The number of nitrogen functional groups attached to an aromatic ring is 1. The fourth-order valence-corrected chi connectivity index (χ4v) is 2.42. The van der Waals surface area contributed by atoms with Crippen LogP contribution in [0.5, 0.6) is 5.75 Å². The molecule has 0 fully saturated rings. The zero-order valence-electron chi connectivity index (χ0n) is 10.1. The number of hydrogen-bond donors (Lipinski definition) is 1. The molecule has 2 aromatic rings. The largest absolute Gasteiger partial charge is 0.495 e. The molecule has 0 aromatic heterocycles. The van der Waals surface area contributed by atoms with E-state index in [2.05, 4.69) is 0 Å². The van der Waals surface area contributed by atoms with Crippen molar-refractivity contribution >= 4 is 11.5 Å². The molecule has 2 N–H and O–H groups in total. The first-order chi connectivity index (χ1) is 8.70. The highest BCUT2D eigenvalue weighted by Crippen LogP contribution is 2.33. The molecule has 0 heterocycles. The minimum absolute atomic E-state index is 0.0464. The number of methoxy groups -OCH3 is 1. The van der Waals surface area contributed by atoms with E-state index in [0.29, 0.717) is 17.0 Å². The summed E-state index contributed by atoms with van der Waals surface area (Å²) in [5.41, 5.74) is 9.95. The number of hydrogen-bond acceptors (Lipinski definition) is 3. The fraction of sp³-hybridized carbons (Fsp3) is 0.133. The second kappa shape index (κ2) is 3.88. The van der Waals surface area contributed by atoms with Gasteiger partial charge in [-0.3, -0.25) is 4.79 Å². The highest BCUT2D eigenvalue weighted by molar-refractivity contribution is 6.12. The van der Waals surface area contributed by atoms with Gasteiger partial charge in [0.05, 0.1) is 12.8 Å². The maximum Gasteiger partial charge on any atom is 0.193 e. The maximum absolute atomic E-state index is 12.4. The van der Waals surface area contributed by atoms with E-state index in [0.717, 1.165) is 23.1 Å². The quantitative estimate of drug-likeness (QED) is 0.663. The molecule has 0 atom stereocenters. The van der Waals surface area contributed by atoms with Crippen molar-refractivity contribution in [3.05, 3.63) is 58.7 Å². The van der Waals surface area contributed by atoms with E-state index in [-0.39, 0.29) is 5.78 Å². The molecule has 3 heteroatoms. The van der Waals surface area contributed by atoms with Gasteiger partial charge in [-0.25, -0.2) is 0 Å². The Morgan fingerprint density at radius 2 is 1.89 bits per heavy atom. The molecule has 0 radical (unpaired) electrons. The predicted molar refractivity (Wildman–Crippen MR) is 70.1 cm³/mol. The number of ether oxygens (including phenoxy) is 1. The summed E-state index contributed by atoms with van der Waals surface area (Å²) in [5.74, 6) is 0.603.